The summed E-state index contributed by atoms with van der Waals surface area (Å²) in [7, 11) is 0. The first-order chi connectivity index (χ1) is 12.6. The highest BCUT2D eigenvalue weighted by Crippen LogP contribution is 2.31. The van der Waals surface area contributed by atoms with Crippen molar-refractivity contribution in [2.45, 2.75) is 45.1 Å². The average Bonchev–Trinajstić information content (AvgIpc) is 3.20. The summed E-state index contributed by atoms with van der Waals surface area (Å²) in [5.41, 5.74) is 0.0160. The molecule has 2 fully saturated rings. The maximum absolute atomic E-state index is 12.7. The Labute approximate surface area is 151 Å². The second-order valence-electron chi connectivity index (χ2n) is 7.64. The normalized spacial score (nSPS) is 23.5. The average molecular weight is 355 g/mol. The van der Waals surface area contributed by atoms with Gasteiger partial charge in [-0.15, -0.1) is 0 Å². The van der Waals surface area contributed by atoms with Crippen molar-refractivity contribution in [3.63, 3.8) is 0 Å². The number of carbonyl (C=O) groups is 1. The van der Waals surface area contributed by atoms with Crippen LogP contribution in [0.4, 0.5) is 0 Å². The van der Waals surface area contributed by atoms with E-state index < -0.39 is 0 Å². The number of carbonyl (C=O) groups excluding carboxylic acids is 1. The largest absolute Gasteiger partial charge is 0.342 e. The Hall–Kier alpha value is -2.37. The summed E-state index contributed by atoms with van der Waals surface area (Å²) in [4.78, 5) is 42.3. The molecule has 1 aromatic heterocycles. The summed E-state index contributed by atoms with van der Waals surface area (Å²) in [6.07, 6.45) is 5.75. The molecule has 1 aliphatic carbocycles. The number of hydrogen-bond donors (Lipinski definition) is 1. The second kappa shape index (κ2) is 7.09. The molecule has 1 saturated carbocycles. The molecule has 6 nitrogen and oxygen atoms in total. The summed E-state index contributed by atoms with van der Waals surface area (Å²) in [5, 5.41) is 0.546. The van der Waals surface area contributed by atoms with Crippen molar-refractivity contribution >= 4 is 16.8 Å². The number of hydrogen-bond acceptors (Lipinski definition) is 3. The predicted octanol–water partition coefficient (Wildman–Crippen LogP) is 2.12. The Balaban J connectivity index is 1.45. The number of aromatic nitrogens is 2. The molecule has 2 aromatic rings. The van der Waals surface area contributed by atoms with Crippen LogP contribution >= 0.6 is 0 Å². The van der Waals surface area contributed by atoms with Crippen molar-refractivity contribution in [1.29, 1.82) is 0 Å². The van der Waals surface area contributed by atoms with Gasteiger partial charge in [-0.2, -0.15) is 0 Å². The fraction of sp³-hybridized carbons (Fsp3) is 0.550. The van der Waals surface area contributed by atoms with Crippen LogP contribution in [0.15, 0.2) is 33.9 Å². The minimum absolute atomic E-state index is 0.121. The standard InChI is InChI=1S/C20H25N3O3/c24-18(22-11-3-4-12-22)15-9-7-14(8-10-15)13-23-19(25)16-5-1-2-6-17(16)21-20(23)26/h1-2,5-6,14-15H,3-4,7-13H2,(H,21,26). The van der Waals surface area contributed by atoms with Crippen molar-refractivity contribution in [3.8, 4) is 0 Å². The summed E-state index contributed by atoms with van der Waals surface area (Å²) in [6.45, 7) is 2.24. The van der Waals surface area contributed by atoms with E-state index in [1.165, 1.54) is 4.57 Å². The van der Waals surface area contributed by atoms with Gasteiger partial charge in [0.2, 0.25) is 5.91 Å². The lowest BCUT2D eigenvalue weighted by Gasteiger charge is -2.30. The van der Waals surface area contributed by atoms with E-state index in [9.17, 15) is 14.4 Å². The molecule has 2 heterocycles. The highest BCUT2D eigenvalue weighted by atomic mass is 16.2. The molecule has 1 aromatic carbocycles. The molecule has 26 heavy (non-hydrogen) atoms. The van der Waals surface area contributed by atoms with E-state index >= 15 is 0 Å². The topological polar surface area (TPSA) is 75.2 Å². The molecule has 4 rings (SSSR count). The molecule has 0 bridgehead atoms. The van der Waals surface area contributed by atoms with E-state index in [0.29, 0.717) is 23.4 Å². The van der Waals surface area contributed by atoms with Gasteiger partial charge in [0.25, 0.3) is 5.56 Å². The summed E-state index contributed by atoms with van der Waals surface area (Å²) < 4.78 is 1.33. The van der Waals surface area contributed by atoms with Gasteiger partial charge in [0.15, 0.2) is 0 Å². The Bertz CT molecular complexity index is 916. The van der Waals surface area contributed by atoms with E-state index in [2.05, 4.69) is 4.98 Å². The lowest BCUT2D eigenvalue weighted by atomic mass is 9.81. The van der Waals surface area contributed by atoms with Gasteiger partial charge >= 0.3 is 5.69 Å². The van der Waals surface area contributed by atoms with Gasteiger partial charge in [0, 0.05) is 25.6 Å². The number of nitrogens with zero attached hydrogens (tertiary/aromatic N) is 2. The number of benzene rings is 1. The van der Waals surface area contributed by atoms with E-state index in [0.717, 1.165) is 51.6 Å². The van der Waals surface area contributed by atoms with Crippen LogP contribution in [0.5, 0.6) is 0 Å². The van der Waals surface area contributed by atoms with Crippen molar-refractivity contribution in [3.05, 3.63) is 45.1 Å². The molecule has 138 valence electrons. The van der Waals surface area contributed by atoms with Crippen LogP contribution in [0.3, 0.4) is 0 Å². The zero-order chi connectivity index (χ0) is 18.1. The van der Waals surface area contributed by atoms with Crippen LogP contribution in [0.2, 0.25) is 0 Å². The minimum atomic E-state index is -0.344. The smallest absolute Gasteiger partial charge is 0.328 e. The molecule has 1 saturated heterocycles. The third-order valence-electron chi connectivity index (χ3n) is 5.94. The van der Waals surface area contributed by atoms with Crippen molar-refractivity contribution < 1.29 is 4.79 Å². The molecule has 0 unspecified atom stereocenters. The molecule has 0 spiro atoms. The Kier molecular flexibility index (Phi) is 4.66. The quantitative estimate of drug-likeness (QED) is 0.916. The van der Waals surface area contributed by atoms with E-state index in [4.69, 9.17) is 0 Å². The van der Waals surface area contributed by atoms with Gasteiger partial charge in [-0.25, -0.2) is 4.79 Å². The van der Waals surface area contributed by atoms with Crippen LogP contribution in [-0.2, 0) is 11.3 Å². The SMILES string of the molecule is O=C(C1CCC(Cn2c(=O)[nH]c3ccccc3c2=O)CC1)N1CCCC1. The van der Waals surface area contributed by atoms with Crippen LogP contribution in [0, 0.1) is 11.8 Å². The number of rotatable bonds is 3. The van der Waals surface area contributed by atoms with E-state index in [-0.39, 0.29) is 23.1 Å². The lowest BCUT2D eigenvalue weighted by Crippen LogP contribution is -2.39. The first-order valence-electron chi connectivity index (χ1n) is 9.64. The molecular weight excluding hydrogens is 330 g/mol. The Morgan fingerprint density at radius 3 is 2.46 bits per heavy atom. The third kappa shape index (κ3) is 3.20. The number of H-pyrrole nitrogens is 1. The van der Waals surface area contributed by atoms with Crippen LogP contribution in [0.25, 0.3) is 10.9 Å². The molecule has 1 aliphatic heterocycles. The molecule has 2 aliphatic rings. The number of nitrogens with one attached hydrogen (secondary N) is 1. The van der Waals surface area contributed by atoms with Gasteiger partial charge in [-0.3, -0.25) is 14.2 Å². The predicted molar refractivity (Wildman–Crippen MR) is 100 cm³/mol. The number of fused-ring (bicyclic) bond motifs is 1. The fourth-order valence-corrected chi connectivity index (χ4v) is 4.41. The van der Waals surface area contributed by atoms with E-state index in [1.807, 2.05) is 11.0 Å². The molecule has 1 N–H and O–H groups in total. The zero-order valence-electron chi connectivity index (χ0n) is 14.9. The maximum Gasteiger partial charge on any atom is 0.328 e. The molecule has 6 heteroatoms. The van der Waals surface area contributed by atoms with Crippen LogP contribution in [-0.4, -0.2) is 33.4 Å². The molecule has 1 amide bonds. The van der Waals surface area contributed by atoms with E-state index in [1.54, 1.807) is 18.2 Å². The third-order valence-corrected chi connectivity index (χ3v) is 5.94. The summed E-state index contributed by atoms with van der Waals surface area (Å²) in [6, 6.07) is 7.11. The van der Waals surface area contributed by atoms with Crippen molar-refractivity contribution in [2.24, 2.45) is 11.8 Å². The number of aromatic amines is 1. The lowest BCUT2D eigenvalue weighted by molar-refractivity contribution is -0.135. The highest BCUT2D eigenvalue weighted by Gasteiger charge is 2.31. The molecular formula is C20H25N3O3. The van der Waals surface area contributed by atoms with Crippen molar-refractivity contribution in [1.82, 2.24) is 14.5 Å². The Morgan fingerprint density at radius 1 is 1.04 bits per heavy atom. The monoisotopic (exact) mass is 355 g/mol. The van der Waals surface area contributed by atoms with Gasteiger partial charge in [0.05, 0.1) is 10.9 Å². The van der Waals surface area contributed by atoms with Crippen LogP contribution in [0.1, 0.15) is 38.5 Å². The highest BCUT2D eigenvalue weighted by molar-refractivity contribution is 5.79. The number of likely N-dealkylation sites (tertiary alicyclic amines) is 1. The fourth-order valence-electron chi connectivity index (χ4n) is 4.41. The van der Waals surface area contributed by atoms with Gasteiger partial charge in [-0.05, 0) is 56.6 Å². The minimum Gasteiger partial charge on any atom is -0.342 e. The first-order valence-corrected chi connectivity index (χ1v) is 9.64. The summed E-state index contributed by atoms with van der Waals surface area (Å²) >= 11 is 0. The summed E-state index contributed by atoms with van der Waals surface area (Å²) in [5.74, 6) is 0.704. The number of para-hydroxylation sites is 1. The van der Waals surface area contributed by atoms with Gasteiger partial charge < -0.3 is 9.88 Å². The molecule has 0 radical (unpaired) electrons. The number of amides is 1. The Morgan fingerprint density at radius 2 is 1.73 bits per heavy atom. The van der Waals surface area contributed by atoms with Gasteiger partial charge in [0.1, 0.15) is 0 Å². The van der Waals surface area contributed by atoms with Crippen LogP contribution < -0.4 is 11.2 Å². The van der Waals surface area contributed by atoms with Gasteiger partial charge in [-0.1, -0.05) is 12.1 Å². The molecule has 0 atom stereocenters. The van der Waals surface area contributed by atoms with Crippen molar-refractivity contribution in [2.75, 3.05) is 13.1 Å². The zero-order valence-corrected chi connectivity index (χ0v) is 14.9. The maximum atomic E-state index is 12.7. The second-order valence-corrected chi connectivity index (χ2v) is 7.64. The first kappa shape index (κ1) is 17.1.